The molecule has 1 heterocycles. The SMILES string of the molecule is CCCN1C(=O)C(NC(=O)C(C)C)(C(F)(F)F)N=C1c1ccccc1. The van der Waals surface area contributed by atoms with Gasteiger partial charge in [-0.25, -0.2) is 4.99 Å². The second-order valence-electron chi connectivity index (χ2n) is 6.11. The van der Waals surface area contributed by atoms with Gasteiger partial charge in [-0.1, -0.05) is 51.1 Å². The molecule has 1 aromatic carbocycles. The first kappa shape index (κ1) is 19.0. The van der Waals surface area contributed by atoms with Crippen LogP contribution in [-0.4, -0.2) is 40.9 Å². The lowest BCUT2D eigenvalue weighted by molar-refractivity contribution is -0.200. The number of amides is 2. The van der Waals surface area contributed by atoms with Gasteiger partial charge in [0.15, 0.2) is 0 Å². The summed E-state index contributed by atoms with van der Waals surface area (Å²) in [5.41, 5.74) is -2.90. The second-order valence-corrected chi connectivity index (χ2v) is 6.11. The number of carbonyl (C=O) groups excluding carboxylic acids is 2. The highest BCUT2D eigenvalue weighted by Gasteiger charge is 2.67. The average Bonchev–Trinajstić information content (AvgIpc) is 2.82. The molecule has 25 heavy (non-hydrogen) atoms. The summed E-state index contributed by atoms with van der Waals surface area (Å²) in [6.45, 7) is 4.72. The Hall–Kier alpha value is -2.38. The summed E-state index contributed by atoms with van der Waals surface area (Å²) in [7, 11) is 0. The number of nitrogens with one attached hydrogen (secondary N) is 1. The summed E-state index contributed by atoms with van der Waals surface area (Å²) in [6.07, 6.45) is -4.61. The lowest BCUT2D eigenvalue weighted by Gasteiger charge is -2.29. The summed E-state index contributed by atoms with van der Waals surface area (Å²) in [5.74, 6) is -2.98. The fourth-order valence-electron chi connectivity index (χ4n) is 2.46. The minimum atomic E-state index is -5.06. The largest absolute Gasteiger partial charge is 0.442 e. The Bertz CT molecular complexity index is 686. The normalized spacial score (nSPS) is 20.8. The molecule has 0 saturated carbocycles. The Morgan fingerprint density at radius 1 is 1.28 bits per heavy atom. The van der Waals surface area contributed by atoms with Gasteiger partial charge < -0.3 is 5.32 Å². The van der Waals surface area contributed by atoms with Crippen molar-refractivity contribution in [2.24, 2.45) is 10.9 Å². The van der Waals surface area contributed by atoms with E-state index in [0.29, 0.717) is 12.0 Å². The Morgan fingerprint density at radius 3 is 2.36 bits per heavy atom. The number of hydrogen-bond donors (Lipinski definition) is 1. The molecule has 2 amide bonds. The number of hydrogen-bond acceptors (Lipinski definition) is 3. The van der Waals surface area contributed by atoms with Gasteiger partial charge in [0.05, 0.1) is 0 Å². The number of amidine groups is 1. The first-order valence-electron chi connectivity index (χ1n) is 8.00. The number of rotatable bonds is 5. The monoisotopic (exact) mass is 355 g/mol. The van der Waals surface area contributed by atoms with Gasteiger partial charge in [-0.05, 0) is 6.42 Å². The first-order chi connectivity index (χ1) is 11.6. The van der Waals surface area contributed by atoms with Crippen LogP contribution >= 0.6 is 0 Å². The lowest BCUT2D eigenvalue weighted by atomic mass is 10.1. The molecule has 5 nitrogen and oxygen atoms in total. The van der Waals surface area contributed by atoms with E-state index in [4.69, 9.17) is 0 Å². The molecule has 1 aliphatic rings. The van der Waals surface area contributed by atoms with Crippen molar-refractivity contribution in [3.05, 3.63) is 35.9 Å². The fourth-order valence-corrected chi connectivity index (χ4v) is 2.46. The van der Waals surface area contributed by atoms with Gasteiger partial charge in [-0.2, -0.15) is 13.2 Å². The highest BCUT2D eigenvalue weighted by molar-refractivity contribution is 6.16. The van der Waals surface area contributed by atoms with E-state index in [-0.39, 0.29) is 12.4 Å². The van der Waals surface area contributed by atoms with E-state index in [0.717, 1.165) is 4.90 Å². The van der Waals surface area contributed by atoms with Crippen molar-refractivity contribution in [1.29, 1.82) is 0 Å². The number of benzene rings is 1. The summed E-state index contributed by atoms with van der Waals surface area (Å²) < 4.78 is 41.5. The maximum atomic E-state index is 13.8. The zero-order valence-electron chi connectivity index (χ0n) is 14.2. The third-order valence-electron chi connectivity index (χ3n) is 3.80. The molecule has 1 N–H and O–H groups in total. The molecule has 136 valence electrons. The van der Waals surface area contributed by atoms with E-state index in [9.17, 15) is 22.8 Å². The van der Waals surface area contributed by atoms with Crippen molar-refractivity contribution >= 4 is 17.6 Å². The summed E-state index contributed by atoms with van der Waals surface area (Å²) in [5, 5.41) is 1.83. The van der Waals surface area contributed by atoms with Crippen LogP contribution in [0.15, 0.2) is 35.3 Å². The Balaban J connectivity index is 2.60. The van der Waals surface area contributed by atoms with E-state index in [1.165, 1.54) is 13.8 Å². The molecular formula is C17H20F3N3O2. The Labute approximate surface area is 143 Å². The molecule has 1 aliphatic heterocycles. The van der Waals surface area contributed by atoms with Gasteiger partial charge in [0.25, 0.3) is 5.91 Å². The molecule has 0 saturated heterocycles. The molecule has 0 radical (unpaired) electrons. The van der Waals surface area contributed by atoms with E-state index in [1.54, 1.807) is 37.3 Å². The number of carbonyl (C=O) groups is 2. The standard InChI is InChI=1S/C17H20F3N3O2/c1-4-10-23-13(12-8-6-5-7-9-12)21-16(15(23)25,17(18,19)20)22-14(24)11(2)3/h5-9,11H,4,10H2,1-3H3,(H,22,24). The third kappa shape index (κ3) is 3.38. The molecule has 0 bridgehead atoms. The van der Waals surface area contributed by atoms with Crippen molar-refractivity contribution in [3.8, 4) is 0 Å². The molecule has 0 aliphatic carbocycles. The van der Waals surface area contributed by atoms with E-state index >= 15 is 0 Å². The van der Waals surface area contributed by atoms with Crippen molar-refractivity contribution in [1.82, 2.24) is 10.2 Å². The smallest absolute Gasteiger partial charge is 0.316 e. The molecule has 1 atom stereocenters. The van der Waals surface area contributed by atoms with Gasteiger partial charge in [0.1, 0.15) is 5.84 Å². The summed E-state index contributed by atoms with van der Waals surface area (Å²) >= 11 is 0. The van der Waals surface area contributed by atoms with Crippen LogP contribution in [0.25, 0.3) is 0 Å². The van der Waals surface area contributed by atoms with E-state index in [2.05, 4.69) is 4.99 Å². The molecule has 2 rings (SSSR count). The Morgan fingerprint density at radius 2 is 1.88 bits per heavy atom. The fraction of sp³-hybridized carbons (Fsp3) is 0.471. The average molecular weight is 355 g/mol. The number of alkyl halides is 3. The molecular weight excluding hydrogens is 335 g/mol. The summed E-state index contributed by atoms with van der Waals surface area (Å²) in [4.78, 5) is 29.3. The Kier molecular flexibility index (Phi) is 5.20. The van der Waals surface area contributed by atoms with Gasteiger partial charge in [0, 0.05) is 18.0 Å². The predicted octanol–water partition coefficient (Wildman–Crippen LogP) is 2.72. The summed E-state index contributed by atoms with van der Waals surface area (Å²) in [6, 6.07) is 8.15. The minimum absolute atomic E-state index is 0.0714. The van der Waals surface area contributed by atoms with E-state index < -0.39 is 29.6 Å². The van der Waals surface area contributed by atoms with Crippen LogP contribution in [0.1, 0.15) is 32.8 Å². The molecule has 8 heteroatoms. The molecule has 1 unspecified atom stereocenters. The quantitative estimate of drug-likeness (QED) is 0.883. The molecule has 0 aromatic heterocycles. The van der Waals surface area contributed by atoms with Gasteiger partial charge in [-0.15, -0.1) is 0 Å². The highest BCUT2D eigenvalue weighted by atomic mass is 19.4. The van der Waals surface area contributed by atoms with Gasteiger partial charge in [-0.3, -0.25) is 14.5 Å². The molecule has 0 spiro atoms. The second kappa shape index (κ2) is 6.85. The first-order valence-corrected chi connectivity index (χ1v) is 8.00. The minimum Gasteiger partial charge on any atom is -0.316 e. The van der Waals surface area contributed by atoms with Crippen molar-refractivity contribution in [2.75, 3.05) is 6.54 Å². The lowest BCUT2D eigenvalue weighted by Crippen LogP contribution is -2.64. The zero-order chi connectivity index (χ0) is 18.8. The zero-order valence-corrected chi connectivity index (χ0v) is 14.2. The van der Waals surface area contributed by atoms with Crippen LogP contribution in [0.4, 0.5) is 13.2 Å². The van der Waals surface area contributed by atoms with Crippen LogP contribution < -0.4 is 5.32 Å². The maximum Gasteiger partial charge on any atom is 0.442 e. The van der Waals surface area contributed by atoms with Crippen LogP contribution in [0.3, 0.4) is 0 Å². The number of halogens is 3. The van der Waals surface area contributed by atoms with Crippen molar-refractivity contribution in [2.45, 2.75) is 39.0 Å². The van der Waals surface area contributed by atoms with Gasteiger partial charge >= 0.3 is 11.8 Å². The van der Waals surface area contributed by atoms with Gasteiger partial charge in [0.2, 0.25) is 5.91 Å². The molecule has 1 aromatic rings. The highest BCUT2D eigenvalue weighted by Crippen LogP contribution is 2.38. The molecule has 0 fully saturated rings. The van der Waals surface area contributed by atoms with Crippen LogP contribution in [0.2, 0.25) is 0 Å². The topological polar surface area (TPSA) is 61.8 Å². The predicted molar refractivity (Wildman–Crippen MR) is 86.7 cm³/mol. The van der Waals surface area contributed by atoms with Crippen molar-refractivity contribution in [3.63, 3.8) is 0 Å². The van der Waals surface area contributed by atoms with Crippen molar-refractivity contribution < 1.29 is 22.8 Å². The van der Waals surface area contributed by atoms with Crippen LogP contribution in [0.5, 0.6) is 0 Å². The third-order valence-corrected chi connectivity index (χ3v) is 3.80. The number of aliphatic imine (C=N–C) groups is 1. The van der Waals surface area contributed by atoms with E-state index in [1.807, 2.05) is 5.32 Å². The van der Waals surface area contributed by atoms with Crippen LogP contribution in [0, 0.1) is 5.92 Å². The number of nitrogens with zero attached hydrogens (tertiary/aromatic N) is 2. The maximum absolute atomic E-state index is 13.8. The van der Waals surface area contributed by atoms with Crippen LogP contribution in [-0.2, 0) is 9.59 Å².